The summed E-state index contributed by atoms with van der Waals surface area (Å²) >= 11 is 0. The van der Waals surface area contributed by atoms with Gasteiger partial charge in [-0.3, -0.25) is 4.79 Å². The molecule has 0 unspecified atom stereocenters. The maximum Gasteiger partial charge on any atom is 0.239 e. The minimum absolute atomic E-state index is 0.231. The van der Waals surface area contributed by atoms with Crippen molar-refractivity contribution in [3.8, 4) is 0 Å². The van der Waals surface area contributed by atoms with Crippen LogP contribution >= 0.6 is 0 Å². The lowest BCUT2D eigenvalue weighted by atomic mass is 10.1. The Bertz CT molecular complexity index is 473. The molecule has 2 atom stereocenters. The average Bonchev–Trinajstić information content (AvgIpc) is 2.54. The standard InChI is InChI=1S/C17H26N2O3/c1-2-16(17(18)20)19-14-7-5-6-13(10-14)11-21-12-15-8-3-4-9-22-15/h5-7,10,15-16,19H,2-4,8-9,11-12H2,1H3,(H2,18,20)/t15-,16+/m1/s1. The largest absolute Gasteiger partial charge is 0.376 e. The number of carbonyl (C=O) groups excluding carboxylic acids is 1. The van der Waals surface area contributed by atoms with E-state index in [0.717, 1.165) is 30.7 Å². The monoisotopic (exact) mass is 306 g/mol. The molecule has 122 valence electrons. The number of rotatable bonds is 8. The molecule has 1 aromatic rings. The molecule has 1 heterocycles. The van der Waals surface area contributed by atoms with Crippen molar-refractivity contribution in [3.63, 3.8) is 0 Å². The number of anilines is 1. The summed E-state index contributed by atoms with van der Waals surface area (Å²) in [6.07, 6.45) is 4.35. The summed E-state index contributed by atoms with van der Waals surface area (Å²) in [5.74, 6) is -0.335. The Morgan fingerprint density at radius 1 is 1.50 bits per heavy atom. The molecule has 1 fully saturated rings. The van der Waals surface area contributed by atoms with E-state index >= 15 is 0 Å². The minimum Gasteiger partial charge on any atom is -0.376 e. The molecule has 1 aromatic carbocycles. The lowest BCUT2D eigenvalue weighted by Gasteiger charge is -2.22. The third kappa shape index (κ3) is 5.31. The molecule has 1 saturated heterocycles. The van der Waals surface area contributed by atoms with E-state index in [0.29, 0.717) is 19.6 Å². The lowest BCUT2D eigenvalue weighted by molar-refractivity contribution is -0.118. The summed E-state index contributed by atoms with van der Waals surface area (Å²) in [6.45, 7) is 3.96. The smallest absolute Gasteiger partial charge is 0.239 e. The van der Waals surface area contributed by atoms with Crippen molar-refractivity contribution in [1.82, 2.24) is 0 Å². The van der Waals surface area contributed by atoms with Crippen LogP contribution in [0.1, 0.15) is 38.2 Å². The second-order valence-electron chi connectivity index (χ2n) is 5.71. The average molecular weight is 306 g/mol. The topological polar surface area (TPSA) is 73.6 Å². The molecule has 3 N–H and O–H groups in total. The second-order valence-corrected chi connectivity index (χ2v) is 5.71. The van der Waals surface area contributed by atoms with Gasteiger partial charge in [0.15, 0.2) is 0 Å². The third-order valence-corrected chi connectivity index (χ3v) is 3.87. The maximum absolute atomic E-state index is 11.3. The summed E-state index contributed by atoms with van der Waals surface area (Å²) < 4.78 is 11.4. The summed E-state index contributed by atoms with van der Waals surface area (Å²) in [5, 5.41) is 3.15. The molecule has 0 aliphatic carbocycles. The fraction of sp³-hybridized carbons (Fsp3) is 0.588. The van der Waals surface area contributed by atoms with Gasteiger partial charge in [0.1, 0.15) is 6.04 Å². The van der Waals surface area contributed by atoms with E-state index in [9.17, 15) is 4.79 Å². The zero-order valence-electron chi connectivity index (χ0n) is 13.2. The Balaban J connectivity index is 1.81. The highest BCUT2D eigenvalue weighted by Crippen LogP contribution is 2.16. The highest BCUT2D eigenvalue weighted by Gasteiger charge is 2.14. The molecule has 0 spiro atoms. The van der Waals surface area contributed by atoms with Crippen LogP contribution in [0.2, 0.25) is 0 Å². The zero-order chi connectivity index (χ0) is 15.8. The van der Waals surface area contributed by atoms with Crippen molar-refractivity contribution >= 4 is 11.6 Å². The van der Waals surface area contributed by atoms with Crippen molar-refractivity contribution in [3.05, 3.63) is 29.8 Å². The van der Waals surface area contributed by atoms with Crippen LogP contribution in [0.25, 0.3) is 0 Å². The Morgan fingerprint density at radius 3 is 3.05 bits per heavy atom. The number of primary amides is 1. The van der Waals surface area contributed by atoms with Crippen LogP contribution in [0, 0.1) is 0 Å². The second kappa shape index (κ2) is 8.76. The van der Waals surface area contributed by atoms with E-state index in [1.54, 1.807) is 0 Å². The van der Waals surface area contributed by atoms with E-state index in [4.69, 9.17) is 15.2 Å². The summed E-state index contributed by atoms with van der Waals surface area (Å²) in [7, 11) is 0. The number of carbonyl (C=O) groups is 1. The van der Waals surface area contributed by atoms with Gasteiger partial charge in [-0.25, -0.2) is 0 Å². The normalized spacial score (nSPS) is 19.6. The van der Waals surface area contributed by atoms with Gasteiger partial charge in [-0.1, -0.05) is 19.1 Å². The number of ether oxygens (including phenoxy) is 2. The van der Waals surface area contributed by atoms with E-state index in [2.05, 4.69) is 5.32 Å². The first kappa shape index (κ1) is 16.8. The van der Waals surface area contributed by atoms with Crippen molar-refractivity contribution in [1.29, 1.82) is 0 Å². The number of nitrogens with one attached hydrogen (secondary N) is 1. The van der Waals surface area contributed by atoms with E-state index < -0.39 is 0 Å². The summed E-state index contributed by atoms with van der Waals surface area (Å²) in [4.78, 5) is 11.3. The molecule has 2 rings (SSSR count). The van der Waals surface area contributed by atoms with Gasteiger partial charge < -0.3 is 20.5 Å². The lowest BCUT2D eigenvalue weighted by Crippen LogP contribution is -2.34. The molecule has 5 heteroatoms. The van der Waals surface area contributed by atoms with Crippen LogP contribution in [0.15, 0.2) is 24.3 Å². The van der Waals surface area contributed by atoms with E-state index in [1.165, 1.54) is 6.42 Å². The van der Waals surface area contributed by atoms with Crippen LogP contribution in [0.3, 0.4) is 0 Å². The Kier molecular flexibility index (Phi) is 6.68. The molecule has 0 bridgehead atoms. The fourth-order valence-electron chi connectivity index (χ4n) is 2.57. The van der Waals surface area contributed by atoms with Crippen LogP contribution < -0.4 is 11.1 Å². The number of hydrogen-bond acceptors (Lipinski definition) is 4. The first-order valence-corrected chi connectivity index (χ1v) is 8.03. The minimum atomic E-state index is -0.341. The molecule has 1 aliphatic heterocycles. The Morgan fingerprint density at radius 2 is 2.36 bits per heavy atom. The van der Waals surface area contributed by atoms with Crippen LogP contribution in [0.4, 0.5) is 5.69 Å². The van der Waals surface area contributed by atoms with Crippen LogP contribution in [0.5, 0.6) is 0 Å². The zero-order valence-corrected chi connectivity index (χ0v) is 13.2. The van der Waals surface area contributed by atoms with Crippen LogP contribution in [-0.2, 0) is 20.9 Å². The highest BCUT2D eigenvalue weighted by molar-refractivity contribution is 5.82. The number of nitrogens with two attached hydrogens (primary N) is 1. The van der Waals surface area contributed by atoms with Gasteiger partial charge in [-0.15, -0.1) is 0 Å². The third-order valence-electron chi connectivity index (χ3n) is 3.87. The molecule has 5 nitrogen and oxygen atoms in total. The summed E-state index contributed by atoms with van der Waals surface area (Å²) in [5.41, 5.74) is 7.31. The Hall–Kier alpha value is -1.59. The molecule has 0 radical (unpaired) electrons. The van der Waals surface area contributed by atoms with Gasteiger partial charge in [-0.05, 0) is 43.4 Å². The van der Waals surface area contributed by atoms with Gasteiger partial charge in [0.2, 0.25) is 5.91 Å². The van der Waals surface area contributed by atoms with E-state index in [-0.39, 0.29) is 18.1 Å². The number of hydrogen-bond donors (Lipinski definition) is 2. The Labute approximate surface area is 132 Å². The first-order chi connectivity index (χ1) is 10.7. The molecule has 22 heavy (non-hydrogen) atoms. The quantitative estimate of drug-likeness (QED) is 0.773. The number of amides is 1. The highest BCUT2D eigenvalue weighted by atomic mass is 16.5. The maximum atomic E-state index is 11.3. The number of benzene rings is 1. The van der Waals surface area contributed by atoms with Gasteiger partial charge in [0.05, 0.1) is 19.3 Å². The predicted molar refractivity (Wildman–Crippen MR) is 86.6 cm³/mol. The predicted octanol–water partition coefficient (Wildman–Crippen LogP) is 2.45. The van der Waals surface area contributed by atoms with Crippen molar-refractivity contribution in [2.24, 2.45) is 5.73 Å². The van der Waals surface area contributed by atoms with Gasteiger partial charge in [0.25, 0.3) is 0 Å². The van der Waals surface area contributed by atoms with Gasteiger partial charge >= 0.3 is 0 Å². The molecule has 0 aromatic heterocycles. The van der Waals surface area contributed by atoms with Crippen molar-refractivity contribution < 1.29 is 14.3 Å². The van der Waals surface area contributed by atoms with Crippen molar-refractivity contribution in [2.45, 2.75) is 51.4 Å². The SMILES string of the molecule is CC[C@H](Nc1cccc(COC[C@H]2CCCCO2)c1)C(N)=O. The first-order valence-electron chi connectivity index (χ1n) is 8.03. The van der Waals surface area contributed by atoms with E-state index in [1.807, 2.05) is 31.2 Å². The molecule has 1 aliphatic rings. The summed E-state index contributed by atoms with van der Waals surface area (Å²) in [6, 6.07) is 7.54. The molecular formula is C17H26N2O3. The molecular weight excluding hydrogens is 280 g/mol. The van der Waals surface area contributed by atoms with Gasteiger partial charge in [-0.2, -0.15) is 0 Å². The molecule has 0 saturated carbocycles. The van der Waals surface area contributed by atoms with Crippen molar-refractivity contribution in [2.75, 3.05) is 18.5 Å². The van der Waals surface area contributed by atoms with Crippen LogP contribution in [-0.4, -0.2) is 31.3 Å². The molecule has 1 amide bonds. The fourth-order valence-corrected chi connectivity index (χ4v) is 2.57. The van der Waals surface area contributed by atoms with Gasteiger partial charge in [0, 0.05) is 12.3 Å².